The molecule has 0 bridgehead atoms. The van der Waals surface area contributed by atoms with Gasteiger partial charge in [0.25, 0.3) is 0 Å². The van der Waals surface area contributed by atoms with E-state index in [0.717, 1.165) is 0 Å². The first-order chi connectivity index (χ1) is 13.5. The van der Waals surface area contributed by atoms with Crippen molar-refractivity contribution in [2.45, 2.75) is 31.5 Å². The van der Waals surface area contributed by atoms with E-state index in [-0.39, 0.29) is 29.5 Å². The highest BCUT2D eigenvalue weighted by atomic mass is 16.6. The van der Waals surface area contributed by atoms with Gasteiger partial charge in [-0.05, 0) is 25.0 Å². The fourth-order valence-electron chi connectivity index (χ4n) is 3.59. The number of likely N-dealkylation sites (tertiary alicyclic amines) is 1. The molecule has 2 aliphatic heterocycles. The molecule has 28 heavy (non-hydrogen) atoms. The predicted molar refractivity (Wildman–Crippen MR) is 97.1 cm³/mol. The molecule has 9 nitrogen and oxygen atoms in total. The Bertz CT molecular complexity index is 780. The molecule has 0 saturated carbocycles. The van der Waals surface area contributed by atoms with Crippen LogP contribution in [0.1, 0.15) is 41.4 Å². The minimum Gasteiger partial charge on any atom is -0.493 e. The average Bonchev–Trinajstić information content (AvgIpc) is 3.24. The molecule has 1 aromatic carbocycles. The van der Waals surface area contributed by atoms with Gasteiger partial charge in [0.15, 0.2) is 11.5 Å². The maximum Gasteiger partial charge on any atom is 0.344 e. The number of cyclic esters (lactones) is 1. The number of methoxy groups -OCH3 is 3. The number of hydrogen-bond acceptors (Lipinski definition) is 7. The molecule has 2 aliphatic rings. The zero-order valence-electron chi connectivity index (χ0n) is 16.1. The summed E-state index contributed by atoms with van der Waals surface area (Å²) in [5.74, 6) is -0.488. The van der Waals surface area contributed by atoms with Crippen LogP contribution in [0.2, 0.25) is 0 Å². The van der Waals surface area contributed by atoms with E-state index in [2.05, 4.69) is 5.32 Å². The second-order valence-corrected chi connectivity index (χ2v) is 6.52. The van der Waals surface area contributed by atoms with Crippen LogP contribution in [0.4, 0.5) is 0 Å². The molecule has 0 spiro atoms. The topological polar surface area (TPSA) is 103 Å². The number of amides is 2. The highest BCUT2D eigenvalue weighted by Gasteiger charge is 2.47. The molecule has 3 rings (SSSR count). The van der Waals surface area contributed by atoms with Crippen molar-refractivity contribution in [1.82, 2.24) is 10.2 Å². The van der Waals surface area contributed by atoms with Gasteiger partial charge in [0.2, 0.25) is 18.0 Å². The molecule has 1 unspecified atom stereocenters. The van der Waals surface area contributed by atoms with E-state index in [1.165, 1.54) is 19.1 Å². The number of fused-ring (bicyclic) bond motifs is 1. The lowest BCUT2D eigenvalue weighted by atomic mass is 10.1. The van der Waals surface area contributed by atoms with Gasteiger partial charge in [0, 0.05) is 32.2 Å². The zero-order valence-corrected chi connectivity index (χ0v) is 16.1. The number of ether oxygens (including phenoxy) is 4. The number of carbonyl (C=O) groups is 3. The van der Waals surface area contributed by atoms with Crippen LogP contribution in [0.25, 0.3) is 0 Å². The third-order valence-electron chi connectivity index (χ3n) is 4.90. The van der Waals surface area contributed by atoms with Gasteiger partial charge >= 0.3 is 5.97 Å². The molecule has 1 saturated heterocycles. The molecule has 1 N–H and O–H groups in total. The highest BCUT2D eigenvalue weighted by Crippen LogP contribution is 2.45. The quantitative estimate of drug-likeness (QED) is 0.520. The molecule has 152 valence electrons. The maximum atomic E-state index is 12.6. The Hall–Kier alpha value is -2.81. The first kappa shape index (κ1) is 19.9. The molecular formula is C19H24N2O7. The number of hydrogen-bond donors (Lipinski definition) is 1. The summed E-state index contributed by atoms with van der Waals surface area (Å²) in [6.07, 6.45) is 0.284. The molecule has 2 amide bonds. The van der Waals surface area contributed by atoms with Crippen LogP contribution >= 0.6 is 0 Å². The van der Waals surface area contributed by atoms with Crippen molar-refractivity contribution in [3.8, 4) is 11.5 Å². The van der Waals surface area contributed by atoms with Crippen LogP contribution in [0, 0.1) is 0 Å². The lowest BCUT2D eigenvalue weighted by molar-refractivity contribution is -0.145. The highest BCUT2D eigenvalue weighted by molar-refractivity contribution is 5.99. The van der Waals surface area contributed by atoms with E-state index in [9.17, 15) is 14.4 Å². The minimum atomic E-state index is -0.966. The van der Waals surface area contributed by atoms with Gasteiger partial charge in [0.05, 0.1) is 14.2 Å². The zero-order chi connectivity index (χ0) is 20.3. The van der Waals surface area contributed by atoms with E-state index in [1.807, 2.05) is 0 Å². The lowest BCUT2D eigenvalue weighted by Gasteiger charge is -2.29. The van der Waals surface area contributed by atoms with Crippen LogP contribution < -0.4 is 14.8 Å². The summed E-state index contributed by atoms with van der Waals surface area (Å²) in [6, 6.07) is 2.60. The van der Waals surface area contributed by atoms with Crippen molar-refractivity contribution in [3.05, 3.63) is 23.3 Å². The molecule has 2 atom stereocenters. The van der Waals surface area contributed by atoms with Crippen molar-refractivity contribution < 1.29 is 33.3 Å². The number of benzene rings is 1. The second-order valence-electron chi connectivity index (χ2n) is 6.52. The van der Waals surface area contributed by atoms with E-state index in [4.69, 9.17) is 18.9 Å². The smallest absolute Gasteiger partial charge is 0.344 e. The monoisotopic (exact) mass is 392 g/mol. The van der Waals surface area contributed by atoms with Crippen LogP contribution in [-0.2, 0) is 19.1 Å². The molecule has 2 heterocycles. The molecule has 0 aliphatic carbocycles. The largest absolute Gasteiger partial charge is 0.493 e. The van der Waals surface area contributed by atoms with Gasteiger partial charge in [-0.1, -0.05) is 0 Å². The molecular weight excluding hydrogens is 368 g/mol. The van der Waals surface area contributed by atoms with Crippen LogP contribution in [0.5, 0.6) is 11.5 Å². The molecule has 1 fully saturated rings. The first-order valence-electron chi connectivity index (χ1n) is 9.07. The summed E-state index contributed by atoms with van der Waals surface area (Å²) in [7, 11) is 4.49. The summed E-state index contributed by atoms with van der Waals surface area (Å²) < 4.78 is 21.0. The fraction of sp³-hybridized carbons (Fsp3) is 0.526. The van der Waals surface area contributed by atoms with Crippen molar-refractivity contribution in [3.63, 3.8) is 0 Å². The SMILES string of the molecule is COCCCNC(=O)[C@@H]1CCC(=O)N1C1OC(=O)c2c1ccc(OC)c2OC. The molecule has 0 aromatic heterocycles. The summed E-state index contributed by atoms with van der Waals surface area (Å²) in [5.41, 5.74) is 0.695. The van der Waals surface area contributed by atoms with E-state index < -0.39 is 18.2 Å². The van der Waals surface area contributed by atoms with Crippen LogP contribution in [0.15, 0.2) is 12.1 Å². The molecule has 1 aromatic rings. The summed E-state index contributed by atoms with van der Waals surface area (Å²) in [5, 5.41) is 2.81. The van der Waals surface area contributed by atoms with Gasteiger partial charge in [-0.15, -0.1) is 0 Å². The van der Waals surface area contributed by atoms with Crippen molar-refractivity contribution in [2.24, 2.45) is 0 Å². The van der Waals surface area contributed by atoms with E-state index in [0.29, 0.717) is 37.3 Å². The predicted octanol–water partition coefficient (Wildman–Crippen LogP) is 1.02. The summed E-state index contributed by atoms with van der Waals surface area (Å²) >= 11 is 0. The normalized spacial score (nSPS) is 20.8. The number of rotatable bonds is 8. The number of nitrogens with zero attached hydrogens (tertiary/aromatic N) is 1. The Morgan fingerprint density at radius 1 is 1.25 bits per heavy atom. The Balaban J connectivity index is 1.86. The van der Waals surface area contributed by atoms with Gasteiger partial charge < -0.3 is 24.3 Å². The first-order valence-corrected chi connectivity index (χ1v) is 9.07. The van der Waals surface area contributed by atoms with E-state index >= 15 is 0 Å². The lowest BCUT2D eigenvalue weighted by Crippen LogP contribution is -2.46. The maximum absolute atomic E-state index is 12.6. The van der Waals surface area contributed by atoms with E-state index in [1.54, 1.807) is 19.2 Å². The standard InChI is InChI=1S/C19H24N2O7/c1-25-10-4-9-20-17(23)12-6-8-14(22)21(12)18-11-5-7-13(26-2)16(27-3)15(11)19(24)28-18/h5,7,12,18H,4,6,8-10H2,1-3H3,(H,20,23)/t12-,18?/m0/s1. The number of carbonyl (C=O) groups excluding carboxylic acids is 3. The van der Waals surface area contributed by atoms with Gasteiger partial charge in [-0.3, -0.25) is 14.5 Å². The Kier molecular flexibility index (Phi) is 6.03. The van der Waals surface area contributed by atoms with Gasteiger partial charge in [-0.25, -0.2) is 4.79 Å². The van der Waals surface area contributed by atoms with Crippen LogP contribution in [0.3, 0.4) is 0 Å². The Morgan fingerprint density at radius 2 is 2.04 bits per heavy atom. The third kappa shape index (κ3) is 3.49. The summed E-state index contributed by atoms with van der Waals surface area (Å²) in [6.45, 7) is 0.972. The van der Waals surface area contributed by atoms with Crippen molar-refractivity contribution in [2.75, 3.05) is 34.5 Å². The Labute approximate surface area is 162 Å². The molecule has 9 heteroatoms. The second kappa shape index (κ2) is 8.47. The van der Waals surface area contributed by atoms with Crippen molar-refractivity contribution >= 4 is 17.8 Å². The summed E-state index contributed by atoms with van der Waals surface area (Å²) in [4.78, 5) is 39.0. The molecule has 0 radical (unpaired) electrons. The number of nitrogens with one attached hydrogen (secondary N) is 1. The van der Waals surface area contributed by atoms with Crippen molar-refractivity contribution in [1.29, 1.82) is 0 Å². The third-order valence-corrected chi connectivity index (χ3v) is 4.90. The van der Waals surface area contributed by atoms with Gasteiger partial charge in [-0.2, -0.15) is 0 Å². The minimum absolute atomic E-state index is 0.214. The fourth-order valence-corrected chi connectivity index (χ4v) is 3.59. The number of esters is 1. The van der Waals surface area contributed by atoms with Crippen LogP contribution in [-0.4, -0.2) is 63.2 Å². The average molecular weight is 392 g/mol. The van der Waals surface area contributed by atoms with Gasteiger partial charge in [0.1, 0.15) is 11.6 Å². The Morgan fingerprint density at radius 3 is 2.71 bits per heavy atom.